The minimum Gasteiger partial charge on any atom is -0.357 e. The first kappa shape index (κ1) is 24.2. The summed E-state index contributed by atoms with van der Waals surface area (Å²) >= 11 is 0. The lowest BCUT2D eigenvalue weighted by Gasteiger charge is -2.30. The third kappa shape index (κ3) is 8.28. The van der Waals surface area contributed by atoms with Gasteiger partial charge in [0.1, 0.15) is 5.82 Å². The standard InChI is InChI=1S/C22H38N6.HI/c1-19-8-15-27(16-9-19)12-6-10-25-22(23-2)26-18-20-7-11-24-21(17-20)28-13-4-3-5-14-28;/h7,11,17,19H,3-6,8-10,12-16,18H2,1-2H3,(H2,23,25,26);1H. The molecule has 0 bridgehead atoms. The summed E-state index contributed by atoms with van der Waals surface area (Å²) in [5, 5.41) is 6.89. The van der Waals surface area contributed by atoms with Gasteiger partial charge in [0.2, 0.25) is 0 Å². The summed E-state index contributed by atoms with van der Waals surface area (Å²) in [6.07, 6.45) is 9.68. The van der Waals surface area contributed by atoms with Crippen molar-refractivity contribution in [2.24, 2.45) is 10.9 Å². The molecule has 0 aromatic carbocycles. The zero-order valence-electron chi connectivity index (χ0n) is 18.2. The Morgan fingerprint density at radius 1 is 1.14 bits per heavy atom. The molecule has 3 rings (SSSR count). The highest BCUT2D eigenvalue weighted by atomic mass is 127. The number of hydrogen-bond acceptors (Lipinski definition) is 4. The van der Waals surface area contributed by atoms with Gasteiger partial charge in [0.05, 0.1) is 0 Å². The molecule has 29 heavy (non-hydrogen) atoms. The molecule has 0 aliphatic carbocycles. The molecule has 0 radical (unpaired) electrons. The quantitative estimate of drug-likeness (QED) is 0.253. The average Bonchev–Trinajstić information content (AvgIpc) is 2.75. The molecule has 7 heteroatoms. The fourth-order valence-corrected chi connectivity index (χ4v) is 4.07. The molecule has 3 heterocycles. The van der Waals surface area contributed by atoms with Crippen LogP contribution in [0.4, 0.5) is 5.82 Å². The number of piperidine rings is 2. The number of rotatable bonds is 7. The largest absolute Gasteiger partial charge is 0.357 e. The minimum absolute atomic E-state index is 0. The van der Waals surface area contributed by atoms with Crippen molar-refractivity contribution < 1.29 is 0 Å². The number of nitrogens with zero attached hydrogens (tertiary/aromatic N) is 4. The second-order valence-electron chi connectivity index (χ2n) is 8.30. The van der Waals surface area contributed by atoms with Crippen LogP contribution in [0.3, 0.4) is 0 Å². The Bertz CT molecular complexity index is 609. The van der Waals surface area contributed by atoms with E-state index in [0.29, 0.717) is 0 Å². The lowest BCUT2D eigenvalue weighted by molar-refractivity contribution is 0.191. The van der Waals surface area contributed by atoms with Crippen LogP contribution in [0, 0.1) is 5.92 Å². The fraction of sp³-hybridized carbons (Fsp3) is 0.727. The van der Waals surface area contributed by atoms with E-state index in [4.69, 9.17) is 0 Å². The van der Waals surface area contributed by atoms with E-state index < -0.39 is 0 Å². The number of aromatic nitrogens is 1. The molecule has 2 aliphatic heterocycles. The van der Waals surface area contributed by atoms with Crippen molar-refractivity contribution in [3.05, 3.63) is 23.9 Å². The van der Waals surface area contributed by atoms with E-state index in [9.17, 15) is 0 Å². The summed E-state index contributed by atoms with van der Waals surface area (Å²) in [4.78, 5) is 13.9. The van der Waals surface area contributed by atoms with Gasteiger partial charge >= 0.3 is 0 Å². The number of aliphatic imine (C=N–C) groups is 1. The molecule has 0 unspecified atom stereocenters. The lowest BCUT2D eigenvalue weighted by atomic mass is 9.99. The normalized spacial score (nSPS) is 19.0. The van der Waals surface area contributed by atoms with Crippen LogP contribution >= 0.6 is 24.0 Å². The molecule has 0 spiro atoms. The molecule has 2 saturated heterocycles. The second kappa shape index (κ2) is 13.3. The molecular formula is C22H39IN6. The van der Waals surface area contributed by atoms with Gasteiger partial charge in [-0.05, 0) is 81.8 Å². The third-order valence-corrected chi connectivity index (χ3v) is 5.99. The van der Waals surface area contributed by atoms with Crippen molar-refractivity contribution in [2.75, 3.05) is 51.2 Å². The van der Waals surface area contributed by atoms with Crippen molar-refractivity contribution in [1.29, 1.82) is 0 Å². The number of pyridine rings is 1. The first-order valence-corrected chi connectivity index (χ1v) is 11.1. The van der Waals surface area contributed by atoms with Crippen LogP contribution in [0.5, 0.6) is 0 Å². The summed E-state index contributed by atoms with van der Waals surface area (Å²) in [5.74, 6) is 2.89. The van der Waals surface area contributed by atoms with E-state index in [1.54, 1.807) is 0 Å². The number of hydrogen-bond donors (Lipinski definition) is 2. The van der Waals surface area contributed by atoms with E-state index in [0.717, 1.165) is 50.3 Å². The molecule has 1 aromatic rings. The SMILES string of the molecule is CN=C(NCCCN1CCC(C)CC1)NCc1ccnc(N2CCCCC2)c1.I. The summed E-state index contributed by atoms with van der Waals surface area (Å²) in [5.41, 5.74) is 1.25. The van der Waals surface area contributed by atoms with Crippen LogP contribution < -0.4 is 15.5 Å². The number of halogens is 1. The van der Waals surface area contributed by atoms with Gasteiger partial charge in [-0.15, -0.1) is 24.0 Å². The average molecular weight is 515 g/mol. The monoisotopic (exact) mass is 514 g/mol. The molecule has 2 N–H and O–H groups in total. The molecule has 2 aliphatic rings. The predicted octanol–water partition coefficient (Wildman–Crippen LogP) is 3.48. The molecule has 0 amide bonds. The second-order valence-corrected chi connectivity index (χ2v) is 8.30. The van der Waals surface area contributed by atoms with Crippen molar-refractivity contribution in [3.8, 4) is 0 Å². The Hall–Kier alpha value is -1.09. The van der Waals surface area contributed by atoms with Crippen LogP contribution in [0.15, 0.2) is 23.3 Å². The zero-order chi connectivity index (χ0) is 19.6. The first-order valence-electron chi connectivity index (χ1n) is 11.1. The van der Waals surface area contributed by atoms with Crippen LogP contribution in [0.1, 0.15) is 51.0 Å². The highest BCUT2D eigenvalue weighted by molar-refractivity contribution is 14.0. The Balaban J connectivity index is 0.00000300. The smallest absolute Gasteiger partial charge is 0.191 e. The van der Waals surface area contributed by atoms with Crippen molar-refractivity contribution in [1.82, 2.24) is 20.5 Å². The predicted molar refractivity (Wildman–Crippen MR) is 133 cm³/mol. The van der Waals surface area contributed by atoms with Gasteiger partial charge in [-0.3, -0.25) is 4.99 Å². The molecular weight excluding hydrogens is 475 g/mol. The Labute approximate surface area is 194 Å². The van der Waals surface area contributed by atoms with Gasteiger partial charge < -0.3 is 20.4 Å². The van der Waals surface area contributed by atoms with Gasteiger partial charge in [0, 0.05) is 39.4 Å². The molecule has 6 nitrogen and oxygen atoms in total. The summed E-state index contributed by atoms with van der Waals surface area (Å²) in [7, 11) is 1.84. The number of likely N-dealkylation sites (tertiary alicyclic amines) is 1. The summed E-state index contributed by atoms with van der Waals surface area (Å²) in [6, 6.07) is 4.30. The summed E-state index contributed by atoms with van der Waals surface area (Å²) in [6.45, 7) is 10.1. The van der Waals surface area contributed by atoms with E-state index in [1.165, 1.54) is 57.3 Å². The van der Waals surface area contributed by atoms with Crippen molar-refractivity contribution >= 4 is 35.8 Å². The van der Waals surface area contributed by atoms with Crippen LogP contribution in [-0.2, 0) is 6.54 Å². The van der Waals surface area contributed by atoms with Crippen LogP contribution in [0.25, 0.3) is 0 Å². The molecule has 0 atom stereocenters. The summed E-state index contributed by atoms with van der Waals surface area (Å²) < 4.78 is 0. The van der Waals surface area contributed by atoms with Crippen molar-refractivity contribution in [3.63, 3.8) is 0 Å². The van der Waals surface area contributed by atoms with E-state index >= 15 is 0 Å². The highest BCUT2D eigenvalue weighted by Crippen LogP contribution is 2.18. The maximum Gasteiger partial charge on any atom is 0.191 e. The lowest BCUT2D eigenvalue weighted by Crippen LogP contribution is -2.39. The number of guanidine groups is 1. The third-order valence-electron chi connectivity index (χ3n) is 5.99. The van der Waals surface area contributed by atoms with E-state index in [2.05, 4.69) is 49.5 Å². The Morgan fingerprint density at radius 2 is 1.90 bits per heavy atom. The van der Waals surface area contributed by atoms with Crippen LogP contribution in [-0.4, -0.2) is 62.2 Å². The van der Waals surface area contributed by atoms with Gasteiger partial charge in [0.25, 0.3) is 0 Å². The maximum absolute atomic E-state index is 4.57. The van der Waals surface area contributed by atoms with Crippen molar-refractivity contribution in [2.45, 2.75) is 52.0 Å². The topological polar surface area (TPSA) is 55.8 Å². The number of anilines is 1. The highest BCUT2D eigenvalue weighted by Gasteiger charge is 2.15. The van der Waals surface area contributed by atoms with E-state index in [-0.39, 0.29) is 24.0 Å². The minimum atomic E-state index is 0. The molecule has 1 aromatic heterocycles. The van der Waals surface area contributed by atoms with Gasteiger partial charge in [-0.1, -0.05) is 6.92 Å². The van der Waals surface area contributed by atoms with Crippen LogP contribution in [0.2, 0.25) is 0 Å². The molecule has 2 fully saturated rings. The fourth-order valence-electron chi connectivity index (χ4n) is 4.07. The van der Waals surface area contributed by atoms with Gasteiger partial charge in [-0.25, -0.2) is 4.98 Å². The molecule has 164 valence electrons. The first-order chi connectivity index (χ1) is 13.7. The zero-order valence-corrected chi connectivity index (χ0v) is 20.5. The van der Waals surface area contributed by atoms with Gasteiger partial charge in [-0.2, -0.15) is 0 Å². The van der Waals surface area contributed by atoms with E-state index in [1.807, 2.05) is 13.2 Å². The molecule has 0 saturated carbocycles. The Kier molecular flexibility index (Phi) is 11.1. The Morgan fingerprint density at radius 3 is 2.62 bits per heavy atom. The maximum atomic E-state index is 4.57. The number of nitrogens with one attached hydrogen (secondary N) is 2. The van der Waals surface area contributed by atoms with Gasteiger partial charge in [0.15, 0.2) is 5.96 Å².